The van der Waals surface area contributed by atoms with Crippen LogP contribution < -0.4 is 31.9 Å². The fraction of sp³-hybridized carbons (Fsp3) is 0.561. The van der Waals surface area contributed by atoms with Crippen LogP contribution in [-0.2, 0) is 67.0 Å². The summed E-state index contributed by atoms with van der Waals surface area (Å²) in [6, 6.07) is 16.4. The summed E-state index contributed by atoms with van der Waals surface area (Å²) < 4.78 is 21.8. The molecular formula is C41H64N6O10. The zero-order valence-corrected chi connectivity index (χ0v) is 34.1. The molecule has 6 N–H and O–H groups in total. The highest BCUT2D eigenvalue weighted by Crippen LogP contribution is 2.07. The number of nitrogens with one attached hydrogen (secondary N) is 6. The molecule has 0 radical (unpaired) electrons. The van der Waals surface area contributed by atoms with Crippen molar-refractivity contribution in [3.63, 3.8) is 0 Å². The molecule has 0 aliphatic carbocycles. The van der Waals surface area contributed by atoms with Gasteiger partial charge in [-0.25, -0.2) is 0 Å². The maximum Gasteiger partial charge on any atom is 0.243 e. The lowest BCUT2D eigenvalue weighted by Gasteiger charge is -2.19. The Bertz CT molecular complexity index is 1430. The maximum atomic E-state index is 12.7. The molecule has 0 spiro atoms. The van der Waals surface area contributed by atoms with E-state index in [9.17, 15) is 28.8 Å². The molecule has 2 aromatic rings. The summed E-state index contributed by atoms with van der Waals surface area (Å²) in [5, 5.41) is 15.4. The van der Waals surface area contributed by atoms with Crippen LogP contribution >= 0.6 is 0 Å². The van der Waals surface area contributed by atoms with Gasteiger partial charge in [0.15, 0.2) is 0 Å². The first-order valence-corrected chi connectivity index (χ1v) is 19.8. The third kappa shape index (κ3) is 26.6. The molecule has 16 nitrogen and oxygen atoms in total. The number of likely N-dealkylation sites (N-methyl/N-ethyl adjacent to an activating group) is 1. The molecule has 0 bridgehead atoms. The Morgan fingerprint density at radius 1 is 0.509 bits per heavy atom. The van der Waals surface area contributed by atoms with Crippen LogP contribution in [0.15, 0.2) is 54.6 Å². The van der Waals surface area contributed by atoms with Crippen LogP contribution in [0.2, 0.25) is 0 Å². The van der Waals surface area contributed by atoms with E-state index in [1.165, 1.54) is 5.56 Å². The van der Waals surface area contributed by atoms with Crippen molar-refractivity contribution in [1.82, 2.24) is 31.9 Å². The monoisotopic (exact) mass is 800 g/mol. The van der Waals surface area contributed by atoms with Crippen molar-refractivity contribution in [2.24, 2.45) is 0 Å². The number of ether oxygens (including phenoxy) is 4. The number of hydrogen-bond donors (Lipinski definition) is 6. The number of carbonyl (C=O) groups excluding carboxylic acids is 6. The summed E-state index contributed by atoms with van der Waals surface area (Å²) in [5.41, 5.74) is 3.23. The van der Waals surface area contributed by atoms with Gasteiger partial charge in [-0.1, -0.05) is 75.4 Å². The molecule has 1 unspecified atom stereocenters. The normalized spacial score (nSPS) is 10.9. The molecule has 0 aliphatic heterocycles. The topological polar surface area (TPSA) is 212 Å². The average Bonchev–Trinajstić information content (AvgIpc) is 3.23. The van der Waals surface area contributed by atoms with Crippen molar-refractivity contribution < 1.29 is 47.7 Å². The van der Waals surface area contributed by atoms with Gasteiger partial charge in [-0.15, -0.1) is 0 Å². The Kier molecular flexibility index (Phi) is 29.2. The lowest BCUT2D eigenvalue weighted by atomic mass is 10.1. The van der Waals surface area contributed by atoms with Gasteiger partial charge < -0.3 is 50.8 Å². The van der Waals surface area contributed by atoms with E-state index in [2.05, 4.69) is 63.1 Å². The lowest BCUT2D eigenvalue weighted by molar-refractivity contribution is -0.131. The van der Waals surface area contributed by atoms with Crippen molar-refractivity contribution in [2.45, 2.75) is 65.8 Å². The van der Waals surface area contributed by atoms with Crippen LogP contribution in [-0.4, -0.2) is 127 Å². The fourth-order valence-electron chi connectivity index (χ4n) is 4.84. The van der Waals surface area contributed by atoms with Crippen molar-refractivity contribution in [3.8, 4) is 0 Å². The molecule has 16 heteroatoms. The van der Waals surface area contributed by atoms with Crippen LogP contribution in [0, 0.1) is 0 Å². The van der Waals surface area contributed by atoms with E-state index >= 15 is 0 Å². The molecule has 1 atom stereocenters. The molecule has 0 fully saturated rings. The first kappa shape index (κ1) is 50.1. The third-order valence-electron chi connectivity index (χ3n) is 7.85. The SMILES string of the molecule is CC.CCNC(=O)CNC(=O)C(Cc1ccccc1)NC(=O)CNC(=O)CNC(=O)CCOCCOCCOCCOCCNC(=O)CCc1ccc(CC)cc1. The predicted octanol–water partition coefficient (Wildman–Crippen LogP) is 0.993. The van der Waals surface area contributed by atoms with Gasteiger partial charge >= 0.3 is 0 Å². The van der Waals surface area contributed by atoms with Gasteiger partial charge in [-0.05, 0) is 36.5 Å². The molecule has 0 aliphatic rings. The smallest absolute Gasteiger partial charge is 0.243 e. The molecular weight excluding hydrogens is 736 g/mol. The molecule has 0 saturated heterocycles. The minimum absolute atomic E-state index is 0.00317. The molecule has 2 aromatic carbocycles. The van der Waals surface area contributed by atoms with E-state index in [4.69, 9.17) is 18.9 Å². The van der Waals surface area contributed by atoms with Gasteiger partial charge in [0, 0.05) is 32.4 Å². The number of benzene rings is 2. The summed E-state index contributed by atoms with van der Waals surface area (Å²) in [7, 11) is 0. The van der Waals surface area contributed by atoms with Crippen LogP contribution in [0.25, 0.3) is 0 Å². The van der Waals surface area contributed by atoms with Crippen LogP contribution in [0.3, 0.4) is 0 Å². The lowest BCUT2D eigenvalue weighted by Crippen LogP contribution is -2.52. The molecule has 6 amide bonds. The highest BCUT2D eigenvalue weighted by molar-refractivity contribution is 5.92. The van der Waals surface area contributed by atoms with Crippen LogP contribution in [0.1, 0.15) is 57.2 Å². The standard InChI is InChI=1S/C39H58N6O10.C2H6/c1-3-30-10-12-31(13-11-30)14-15-34(46)41-17-19-53-21-23-55-25-24-54-22-20-52-18-16-35(47)42-27-37(49)43-29-38(50)45-33(26-32-8-6-5-7-9-32)39(51)44-28-36(48)40-4-2;1-2/h5-13,33H,3-4,14-29H2,1-2H3,(H,40,48)(H,41,46)(H,42,47)(H,43,49)(H,44,51)(H,45,50);1-2H3. The van der Waals surface area contributed by atoms with E-state index in [0.717, 1.165) is 17.5 Å². The van der Waals surface area contributed by atoms with Gasteiger partial charge in [0.2, 0.25) is 35.4 Å². The Hall–Kier alpha value is -4.90. The second-order valence-electron chi connectivity index (χ2n) is 12.3. The van der Waals surface area contributed by atoms with Gasteiger partial charge in [-0.2, -0.15) is 0 Å². The number of aryl methyl sites for hydroxylation is 2. The van der Waals surface area contributed by atoms with Crippen LogP contribution in [0.4, 0.5) is 0 Å². The van der Waals surface area contributed by atoms with E-state index in [1.54, 1.807) is 31.2 Å². The molecule has 2 rings (SSSR count). The quantitative estimate of drug-likeness (QED) is 0.0618. The Balaban J connectivity index is 0.00000799. The zero-order chi connectivity index (χ0) is 41.9. The highest BCUT2D eigenvalue weighted by atomic mass is 16.6. The number of rotatable bonds is 30. The summed E-state index contributed by atoms with van der Waals surface area (Å²) >= 11 is 0. The maximum absolute atomic E-state index is 12.7. The molecule has 57 heavy (non-hydrogen) atoms. The summed E-state index contributed by atoms with van der Waals surface area (Å²) in [4.78, 5) is 73.3. The summed E-state index contributed by atoms with van der Waals surface area (Å²) in [6.45, 7) is 10.4. The molecule has 318 valence electrons. The van der Waals surface area contributed by atoms with Gasteiger partial charge in [0.05, 0.1) is 72.5 Å². The second kappa shape index (κ2) is 33.3. The second-order valence-corrected chi connectivity index (χ2v) is 12.3. The largest absolute Gasteiger partial charge is 0.379 e. The van der Waals surface area contributed by atoms with E-state index in [-0.39, 0.29) is 51.0 Å². The number of hydrogen-bond acceptors (Lipinski definition) is 10. The Labute approximate surface area is 337 Å². The fourth-order valence-corrected chi connectivity index (χ4v) is 4.84. The minimum atomic E-state index is -0.978. The van der Waals surface area contributed by atoms with E-state index in [1.807, 2.05) is 19.9 Å². The van der Waals surface area contributed by atoms with E-state index < -0.39 is 36.2 Å². The predicted molar refractivity (Wildman–Crippen MR) is 216 cm³/mol. The number of carbonyl (C=O) groups is 6. The van der Waals surface area contributed by atoms with Crippen molar-refractivity contribution >= 4 is 35.4 Å². The van der Waals surface area contributed by atoms with Gasteiger partial charge in [0.25, 0.3) is 0 Å². The molecule has 0 aromatic heterocycles. The van der Waals surface area contributed by atoms with Gasteiger partial charge in [-0.3, -0.25) is 28.8 Å². The van der Waals surface area contributed by atoms with Crippen molar-refractivity contribution in [2.75, 3.05) is 85.6 Å². The highest BCUT2D eigenvalue weighted by Gasteiger charge is 2.22. The summed E-state index contributed by atoms with van der Waals surface area (Å²) in [6.07, 6.45) is 2.35. The number of amides is 6. The van der Waals surface area contributed by atoms with Crippen molar-refractivity contribution in [3.05, 3.63) is 71.3 Å². The first-order valence-electron chi connectivity index (χ1n) is 19.8. The van der Waals surface area contributed by atoms with Crippen LogP contribution in [0.5, 0.6) is 0 Å². The van der Waals surface area contributed by atoms with Gasteiger partial charge in [0.1, 0.15) is 6.04 Å². The zero-order valence-electron chi connectivity index (χ0n) is 34.1. The Morgan fingerprint density at radius 2 is 1.02 bits per heavy atom. The third-order valence-corrected chi connectivity index (χ3v) is 7.85. The molecule has 0 heterocycles. The molecule has 0 saturated carbocycles. The Morgan fingerprint density at radius 3 is 1.63 bits per heavy atom. The minimum Gasteiger partial charge on any atom is -0.379 e. The van der Waals surface area contributed by atoms with Crippen molar-refractivity contribution in [1.29, 1.82) is 0 Å². The summed E-state index contributed by atoms with van der Waals surface area (Å²) in [5.74, 6) is -2.51. The first-order chi connectivity index (χ1) is 27.7. The van der Waals surface area contributed by atoms with E-state index in [0.29, 0.717) is 65.6 Å². The average molecular weight is 801 g/mol.